The van der Waals surface area contributed by atoms with Crippen LogP contribution in [-0.2, 0) is 6.18 Å². The van der Waals surface area contributed by atoms with E-state index in [4.69, 9.17) is 0 Å². The Morgan fingerprint density at radius 3 is 2.00 bits per heavy atom. The topological polar surface area (TPSA) is 17.1 Å². The van der Waals surface area contributed by atoms with Gasteiger partial charge in [-0.25, -0.2) is 4.39 Å². The van der Waals surface area contributed by atoms with Crippen molar-refractivity contribution >= 4 is 5.78 Å². The molecule has 0 spiro atoms. The van der Waals surface area contributed by atoms with Gasteiger partial charge in [-0.1, -0.05) is 12.1 Å². The van der Waals surface area contributed by atoms with Crippen molar-refractivity contribution in [3.8, 4) is 0 Å². The summed E-state index contributed by atoms with van der Waals surface area (Å²) in [5, 5.41) is 0. The number of rotatable bonds is 2. The molecular formula is C9H6F4O. The van der Waals surface area contributed by atoms with Crippen LogP contribution in [0.4, 0.5) is 17.6 Å². The van der Waals surface area contributed by atoms with Gasteiger partial charge in [-0.05, 0) is 12.1 Å². The van der Waals surface area contributed by atoms with Crippen molar-refractivity contribution in [3.63, 3.8) is 0 Å². The summed E-state index contributed by atoms with van der Waals surface area (Å²) in [6.45, 7) is -1.20. The molecule has 0 radical (unpaired) electrons. The molecule has 0 aliphatic rings. The smallest absolute Gasteiger partial charge is 0.291 e. The lowest BCUT2D eigenvalue weighted by atomic mass is 10.1. The highest BCUT2D eigenvalue weighted by Gasteiger charge is 2.30. The molecule has 1 aromatic rings. The SMILES string of the molecule is O=C(CF)c1ccc(C(F)(F)F)cc1. The molecule has 0 unspecified atom stereocenters. The molecule has 1 nitrogen and oxygen atoms in total. The van der Waals surface area contributed by atoms with Gasteiger partial charge in [0.1, 0.15) is 0 Å². The maximum absolute atomic E-state index is 12.0. The molecule has 0 atom stereocenters. The fraction of sp³-hybridized carbons (Fsp3) is 0.222. The van der Waals surface area contributed by atoms with Gasteiger partial charge in [0.15, 0.2) is 12.5 Å². The Balaban J connectivity index is 2.95. The number of carbonyl (C=O) groups excluding carboxylic acids is 1. The van der Waals surface area contributed by atoms with Crippen LogP contribution < -0.4 is 0 Å². The second-order valence-electron chi connectivity index (χ2n) is 2.63. The molecule has 0 saturated heterocycles. The second-order valence-corrected chi connectivity index (χ2v) is 2.63. The first-order valence-corrected chi connectivity index (χ1v) is 3.71. The van der Waals surface area contributed by atoms with Crippen LogP contribution in [-0.4, -0.2) is 12.5 Å². The molecule has 0 N–H and O–H groups in total. The van der Waals surface area contributed by atoms with E-state index in [2.05, 4.69) is 0 Å². The van der Waals surface area contributed by atoms with Gasteiger partial charge in [0.05, 0.1) is 5.56 Å². The van der Waals surface area contributed by atoms with Crippen LogP contribution in [0.1, 0.15) is 15.9 Å². The fourth-order valence-corrected chi connectivity index (χ4v) is 0.922. The first-order chi connectivity index (χ1) is 6.45. The van der Waals surface area contributed by atoms with Crippen LogP contribution in [0.2, 0.25) is 0 Å². The molecule has 0 bridgehead atoms. The average Bonchev–Trinajstić information content (AvgIpc) is 2.15. The molecule has 0 fully saturated rings. The van der Waals surface area contributed by atoms with Crippen molar-refractivity contribution in [2.45, 2.75) is 6.18 Å². The minimum Gasteiger partial charge on any atom is -0.291 e. The van der Waals surface area contributed by atoms with Gasteiger partial charge in [-0.3, -0.25) is 4.79 Å². The molecule has 5 heteroatoms. The number of hydrogen-bond donors (Lipinski definition) is 0. The van der Waals surface area contributed by atoms with E-state index >= 15 is 0 Å². The third-order valence-corrected chi connectivity index (χ3v) is 1.66. The molecular weight excluding hydrogens is 200 g/mol. The van der Waals surface area contributed by atoms with E-state index < -0.39 is 24.2 Å². The number of ketones is 1. The fourth-order valence-electron chi connectivity index (χ4n) is 0.922. The summed E-state index contributed by atoms with van der Waals surface area (Å²) in [5.41, 5.74) is -0.909. The van der Waals surface area contributed by atoms with Gasteiger partial charge in [-0.15, -0.1) is 0 Å². The Morgan fingerprint density at radius 2 is 1.64 bits per heavy atom. The van der Waals surface area contributed by atoms with E-state index in [9.17, 15) is 22.4 Å². The quantitative estimate of drug-likeness (QED) is 0.537. The summed E-state index contributed by atoms with van der Waals surface area (Å²) in [4.78, 5) is 10.7. The average molecular weight is 206 g/mol. The van der Waals surface area contributed by atoms with Crippen LogP contribution in [0.25, 0.3) is 0 Å². The van der Waals surface area contributed by atoms with E-state index in [0.717, 1.165) is 24.3 Å². The largest absolute Gasteiger partial charge is 0.416 e. The van der Waals surface area contributed by atoms with Crippen LogP contribution in [0.5, 0.6) is 0 Å². The Hall–Kier alpha value is -1.39. The highest BCUT2D eigenvalue weighted by Crippen LogP contribution is 2.29. The summed E-state index contributed by atoms with van der Waals surface area (Å²) >= 11 is 0. The van der Waals surface area contributed by atoms with Crippen LogP contribution >= 0.6 is 0 Å². The third-order valence-electron chi connectivity index (χ3n) is 1.66. The number of carbonyl (C=O) groups is 1. The molecule has 0 heterocycles. The lowest BCUT2D eigenvalue weighted by Gasteiger charge is -2.06. The van der Waals surface area contributed by atoms with E-state index in [0.29, 0.717) is 0 Å². The highest BCUT2D eigenvalue weighted by atomic mass is 19.4. The predicted molar refractivity (Wildman–Crippen MR) is 41.7 cm³/mol. The molecule has 1 aromatic carbocycles. The van der Waals surface area contributed by atoms with Crippen molar-refractivity contribution in [1.82, 2.24) is 0 Å². The zero-order chi connectivity index (χ0) is 10.8. The molecule has 76 valence electrons. The number of alkyl halides is 4. The molecule has 0 aliphatic carbocycles. The van der Waals surface area contributed by atoms with Crippen molar-refractivity contribution < 1.29 is 22.4 Å². The summed E-state index contributed by atoms with van der Waals surface area (Å²) in [7, 11) is 0. The maximum Gasteiger partial charge on any atom is 0.416 e. The van der Waals surface area contributed by atoms with Crippen molar-refractivity contribution in [2.75, 3.05) is 6.67 Å². The third kappa shape index (κ3) is 2.31. The van der Waals surface area contributed by atoms with Crippen molar-refractivity contribution in [2.24, 2.45) is 0 Å². The monoisotopic (exact) mass is 206 g/mol. The highest BCUT2D eigenvalue weighted by molar-refractivity contribution is 5.96. The summed E-state index contributed by atoms with van der Waals surface area (Å²) < 4.78 is 48.0. The minimum absolute atomic E-state index is 0.0551. The number of hydrogen-bond acceptors (Lipinski definition) is 1. The molecule has 1 rings (SSSR count). The Labute approximate surface area is 77.3 Å². The minimum atomic E-state index is -4.43. The normalized spacial score (nSPS) is 11.4. The second kappa shape index (κ2) is 3.77. The van der Waals surface area contributed by atoms with E-state index in [1.165, 1.54) is 0 Å². The zero-order valence-corrected chi connectivity index (χ0v) is 6.94. The standard InChI is InChI=1S/C9H6F4O/c10-5-8(14)6-1-3-7(4-2-6)9(11,12)13/h1-4H,5H2. The van der Waals surface area contributed by atoms with Gasteiger partial charge >= 0.3 is 6.18 Å². The van der Waals surface area contributed by atoms with Gasteiger partial charge in [0.25, 0.3) is 0 Å². The Morgan fingerprint density at radius 1 is 1.14 bits per heavy atom. The summed E-state index contributed by atoms with van der Waals surface area (Å²) in [6, 6.07) is 3.43. The van der Waals surface area contributed by atoms with E-state index in [1.807, 2.05) is 0 Å². The Bertz CT molecular complexity index is 326. The van der Waals surface area contributed by atoms with Crippen LogP contribution in [0, 0.1) is 0 Å². The number of benzene rings is 1. The molecule has 0 aromatic heterocycles. The Kier molecular flexibility index (Phi) is 2.88. The van der Waals surface area contributed by atoms with Gasteiger partial charge in [0, 0.05) is 5.56 Å². The zero-order valence-electron chi connectivity index (χ0n) is 6.94. The lowest BCUT2D eigenvalue weighted by molar-refractivity contribution is -0.137. The van der Waals surface area contributed by atoms with Crippen molar-refractivity contribution in [3.05, 3.63) is 35.4 Å². The summed E-state index contributed by atoms with van der Waals surface area (Å²) in [6.07, 6.45) is -4.43. The lowest BCUT2D eigenvalue weighted by Crippen LogP contribution is -2.06. The van der Waals surface area contributed by atoms with E-state index in [1.54, 1.807) is 0 Å². The number of halogens is 4. The van der Waals surface area contributed by atoms with Gasteiger partial charge < -0.3 is 0 Å². The number of Topliss-reactive ketones (excluding diaryl/α,β-unsaturated/α-hetero) is 1. The molecule has 0 aliphatic heterocycles. The van der Waals surface area contributed by atoms with Crippen molar-refractivity contribution in [1.29, 1.82) is 0 Å². The first-order valence-electron chi connectivity index (χ1n) is 3.71. The molecule has 14 heavy (non-hydrogen) atoms. The van der Waals surface area contributed by atoms with Gasteiger partial charge in [-0.2, -0.15) is 13.2 Å². The first kappa shape index (κ1) is 10.7. The van der Waals surface area contributed by atoms with E-state index in [-0.39, 0.29) is 5.56 Å². The van der Waals surface area contributed by atoms with Crippen LogP contribution in [0.15, 0.2) is 24.3 Å². The summed E-state index contributed by atoms with van der Waals surface area (Å²) in [5.74, 6) is -0.821. The van der Waals surface area contributed by atoms with Crippen LogP contribution in [0.3, 0.4) is 0 Å². The molecule has 0 saturated carbocycles. The molecule has 0 amide bonds. The maximum atomic E-state index is 12.0. The predicted octanol–water partition coefficient (Wildman–Crippen LogP) is 2.86. The van der Waals surface area contributed by atoms with Gasteiger partial charge in [0.2, 0.25) is 0 Å².